The molecule has 6 heteroatoms. The maximum Gasteiger partial charge on any atom is 0.311 e. The molecule has 118 valence electrons. The molecule has 1 aliphatic heterocycles. The third-order valence-electron chi connectivity index (χ3n) is 3.99. The van der Waals surface area contributed by atoms with E-state index in [1.807, 2.05) is 0 Å². The summed E-state index contributed by atoms with van der Waals surface area (Å²) in [5, 5.41) is 11.9. The van der Waals surface area contributed by atoms with Crippen LogP contribution in [-0.4, -0.2) is 40.9 Å². The maximum absolute atomic E-state index is 12.5. The number of benzene rings is 1. The fourth-order valence-corrected chi connectivity index (χ4v) is 2.47. The largest absolute Gasteiger partial charge is 0.481 e. The average Bonchev–Trinajstić information content (AvgIpc) is 2.90. The third-order valence-corrected chi connectivity index (χ3v) is 3.99. The van der Waals surface area contributed by atoms with E-state index >= 15 is 0 Å². The highest BCUT2D eigenvalue weighted by molar-refractivity contribution is 5.97. The van der Waals surface area contributed by atoms with Gasteiger partial charge >= 0.3 is 5.97 Å². The smallest absolute Gasteiger partial charge is 0.311 e. The third kappa shape index (κ3) is 3.27. The molecular weight excluding hydrogens is 284 g/mol. The SMILES string of the molecule is CCC(=O)Nc1cccc(C(=O)N2CCC(C)(C(=O)O)C2)c1. The van der Waals surface area contributed by atoms with Gasteiger partial charge in [0.2, 0.25) is 5.91 Å². The molecule has 1 heterocycles. The minimum absolute atomic E-state index is 0.121. The number of hydrogen-bond donors (Lipinski definition) is 2. The first-order chi connectivity index (χ1) is 10.4. The van der Waals surface area contributed by atoms with E-state index in [0.29, 0.717) is 30.6 Å². The number of carbonyl (C=O) groups excluding carboxylic acids is 2. The van der Waals surface area contributed by atoms with Gasteiger partial charge in [-0.2, -0.15) is 0 Å². The zero-order valence-electron chi connectivity index (χ0n) is 12.8. The van der Waals surface area contributed by atoms with Gasteiger partial charge in [-0.15, -0.1) is 0 Å². The molecule has 1 aromatic carbocycles. The molecule has 1 aliphatic rings. The van der Waals surface area contributed by atoms with Crippen LogP contribution in [0.2, 0.25) is 0 Å². The number of likely N-dealkylation sites (tertiary alicyclic amines) is 1. The Kier molecular flexibility index (Phi) is 4.49. The van der Waals surface area contributed by atoms with E-state index in [2.05, 4.69) is 5.32 Å². The molecule has 2 rings (SSSR count). The zero-order chi connectivity index (χ0) is 16.3. The maximum atomic E-state index is 12.5. The number of nitrogens with zero attached hydrogens (tertiary/aromatic N) is 1. The van der Waals surface area contributed by atoms with Gasteiger partial charge in [-0.05, 0) is 31.5 Å². The van der Waals surface area contributed by atoms with Crippen molar-refractivity contribution in [3.05, 3.63) is 29.8 Å². The second-order valence-corrected chi connectivity index (χ2v) is 5.83. The second-order valence-electron chi connectivity index (χ2n) is 5.83. The lowest BCUT2D eigenvalue weighted by atomic mass is 9.90. The predicted octanol–water partition coefficient (Wildman–Crippen LogP) is 1.97. The van der Waals surface area contributed by atoms with Crippen LogP contribution in [0.3, 0.4) is 0 Å². The van der Waals surface area contributed by atoms with Crippen LogP contribution in [0.5, 0.6) is 0 Å². The van der Waals surface area contributed by atoms with Gasteiger partial charge in [0.25, 0.3) is 5.91 Å². The van der Waals surface area contributed by atoms with Crippen LogP contribution in [-0.2, 0) is 9.59 Å². The summed E-state index contributed by atoms with van der Waals surface area (Å²) in [6.45, 7) is 4.03. The van der Waals surface area contributed by atoms with Crippen LogP contribution < -0.4 is 5.32 Å². The highest BCUT2D eigenvalue weighted by Gasteiger charge is 2.42. The summed E-state index contributed by atoms with van der Waals surface area (Å²) < 4.78 is 0. The summed E-state index contributed by atoms with van der Waals surface area (Å²) in [6, 6.07) is 6.70. The lowest BCUT2D eigenvalue weighted by Gasteiger charge is -2.20. The summed E-state index contributed by atoms with van der Waals surface area (Å²) in [5.74, 6) is -1.21. The Balaban J connectivity index is 2.12. The molecule has 1 unspecified atom stereocenters. The standard InChI is InChI=1S/C16H20N2O4/c1-3-13(19)17-12-6-4-5-11(9-12)14(20)18-8-7-16(2,10-18)15(21)22/h4-6,9H,3,7-8,10H2,1-2H3,(H,17,19)(H,21,22). The van der Waals surface area contributed by atoms with Crippen molar-refractivity contribution in [3.8, 4) is 0 Å². The molecule has 0 aromatic heterocycles. The fraction of sp³-hybridized carbons (Fsp3) is 0.438. The molecule has 0 bridgehead atoms. The van der Waals surface area contributed by atoms with Crippen molar-refractivity contribution in [1.82, 2.24) is 4.90 Å². The molecule has 22 heavy (non-hydrogen) atoms. The Morgan fingerprint density at radius 2 is 2.09 bits per heavy atom. The normalized spacial score (nSPS) is 20.7. The van der Waals surface area contributed by atoms with Crippen molar-refractivity contribution in [2.75, 3.05) is 18.4 Å². The Morgan fingerprint density at radius 3 is 2.68 bits per heavy atom. The average molecular weight is 304 g/mol. The van der Waals surface area contributed by atoms with Crippen LogP contribution in [0.4, 0.5) is 5.69 Å². The van der Waals surface area contributed by atoms with Gasteiger partial charge in [0.05, 0.1) is 5.41 Å². The minimum atomic E-state index is -0.885. The molecule has 1 fully saturated rings. The predicted molar refractivity (Wildman–Crippen MR) is 81.6 cm³/mol. The number of carbonyl (C=O) groups is 3. The van der Waals surface area contributed by atoms with Crippen molar-refractivity contribution >= 4 is 23.5 Å². The van der Waals surface area contributed by atoms with E-state index in [4.69, 9.17) is 0 Å². The molecule has 0 spiro atoms. The molecule has 0 radical (unpaired) electrons. The molecule has 2 amide bonds. The first-order valence-corrected chi connectivity index (χ1v) is 7.28. The fourth-order valence-electron chi connectivity index (χ4n) is 2.47. The van der Waals surface area contributed by atoms with Crippen molar-refractivity contribution in [2.45, 2.75) is 26.7 Å². The number of anilines is 1. The Morgan fingerprint density at radius 1 is 1.36 bits per heavy atom. The highest BCUT2D eigenvalue weighted by Crippen LogP contribution is 2.31. The van der Waals surface area contributed by atoms with Gasteiger partial charge in [-0.25, -0.2) is 0 Å². The van der Waals surface area contributed by atoms with Crippen LogP contribution in [0.25, 0.3) is 0 Å². The molecule has 2 N–H and O–H groups in total. The topological polar surface area (TPSA) is 86.7 Å². The summed E-state index contributed by atoms with van der Waals surface area (Å²) in [7, 11) is 0. The zero-order valence-corrected chi connectivity index (χ0v) is 12.8. The van der Waals surface area contributed by atoms with Gasteiger partial charge in [0.15, 0.2) is 0 Å². The second kappa shape index (κ2) is 6.17. The van der Waals surface area contributed by atoms with Crippen LogP contribution in [0, 0.1) is 5.41 Å². The van der Waals surface area contributed by atoms with Crippen molar-refractivity contribution in [3.63, 3.8) is 0 Å². The van der Waals surface area contributed by atoms with Crippen LogP contribution in [0.15, 0.2) is 24.3 Å². The number of aliphatic carboxylic acids is 1. The van der Waals surface area contributed by atoms with Crippen LogP contribution >= 0.6 is 0 Å². The van der Waals surface area contributed by atoms with E-state index in [0.717, 1.165) is 0 Å². The van der Waals surface area contributed by atoms with Crippen molar-refractivity contribution in [1.29, 1.82) is 0 Å². The Bertz CT molecular complexity index is 614. The molecular formula is C16H20N2O4. The number of carboxylic acids is 1. The minimum Gasteiger partial charge on any atom is -0.481 e. The quantitative estimate of drug-likeness (QED) is 0.890. The summed E-state index contributed by atoms with van der Waals surface area (Å²) >= 11 is 0. The van der Waals surface area contributed by atoms with Crippen LogP contribution in [0.1, 0.15) is 37.0 Å². The van der Waals surface area contributed by atoms with Crippen molar-refractivity contribution in [2.24, 2.45) is 5.41 Å². The summed E-state index contributed by atoms with van der Waals surface area (Å²) in [6.07, 6.45) is 0.807. The molecule has 6 nitrogen and oxygen atoms in total. The van der Waals surface area contributed by atoms with Gasteiger partial charge in [0.1, 0.15) is 0 Å². The first kappa shape index (κ1) is 16.0. The molecule has 1 saturated heterocycles. The van der Waals surface area contributed by atoms with E-state index in [1.54, 1.807) is 43.0 Å². The number of amides is 2. The first-order valence-electron chi connectivity index (χ1n) is 7.28. The highest BCUT2D eigenvalue weighted by atomic mass is 16.4. The van der Waals surface area contributed by atoms with E-state index < -0.39 is 11.4 Å². The van der Waals surface area contributed by atoms with Gasteiger partial charge < -0.3 is 15.3 Å². The molecule has 0 saturated carbocycles. The van der Waals surface area contributed by atoms with E-state index in [1.165, 1.54) is 0 Å². The number of carboxylic acid groups (broad SMARTS) is 1. The van der Waals surface area contributed by atoms with Gasteiger partial charge in [-0.1, -0.05) is 13.0 Å². The lowest BCUT2D eigenvalue weighted by molar-refractivity contribution is -0.147. The Hall–Kier alpha value is -2.37. The number of rotatable bonds is 4. The Labute approximate surface area is 129 Å². The number of hydrogen-bond acceptors (Lipinski definition) is 3. The van der Waals surface area contributed by atoms with Crippen molar-refractivity contribution < 1.29 is 19.5 Å². The monoisotopic (exact) mass is 304 g/mol. The summed E-state index contributed by atoms with van der Waals surface area (Å²) in [4.78, 5) is 36.7. The summed E-state index contributed by atoms with van der Waals surface area (Å²) in [5.41, 5.74) is 0.130. The van der Waals surface area contributed by atoms with E-state index in [9.17, 15) is 19.5 Å². The van der Waals surface area contributed by atoms with Gasteiger partial charge in [0, 0.05) is 30.8 Å². The lowest BCUT2D eigenvalue weighted by Crippen LogP contribution is -2.34. The molecule has 1 aromatic rings. The van der Waals surface area contributed by atoms with Gasteiger partial charge in [-0.3, -0.25) is 14.4 Å². The van der Waals surface area contributed by atoms with E-state index in [-0.39, 0.29) is 18.4 Å². The number of nitrogens with one attached hydrogen (secondary N) is 1. The molecule has 0 aliphatic carbocycles. The molecule has 1 atom stereocenters.